The first-order valence-electron chi connectivity index (χ1n) is 5.87. The molecule has 0 saturated heterocycles. The number of ether oxygens (including phenoxy) is 1. The summed E-state index contributed by atoms with van der Waals surface area (Å²) < 4.78 is 5.22. The number of carboxylic acids is 1. The molecule has 0 spiro atoms. The van der Waals surface area contributed by atoms with Gasteiger partial charge in [0.15, 0.2) is 0 Å². The van der Waals surface area contributed by atoms with Crippen molar-refractivity contribution in [2.24, 2.45) is 11.8 Å². The largest absolute Gasteiger partial charge is 0.478 e. The molecule has 2 rings (SSSR count). The smallest absolute Gasteiger partial charge is 0.331 e. The van der Waals surface area contributed by atoms with Gasteiger partial charge in [-0.25, -0.2) is 9.59 Å². The molecule has 0 radical (unpaired) electrons. The Balaban J connectivity index is 1.88. The first kappa shape index (κ1) is 12.1. The predicted octanol–water partition coefficient (Wildman–Crippen LogP) is 0.720. The lowest BCUT2D eigenvalue weighted by atomic mass is 9.98. The lowest BCUT2D eigenvalue weighted by molar-refractivity contribution is -0.145. The van der Waals surface area contributed by atoms with Crippen molar-refractivity contribution in [2.75, 3.05) is 0 Å². The third-order valence-corrected chi connectivity index (χ3v) is 3.73. The minimum Gasteiger partial charge on any atom is -0.478 e. The van der Waals surface area contributed by atoms with E-state index < -0.39 is 11.9 Å². The van der Waals surface area contributed by atoms with E-state index in [2.05, 4.69) is 0 Å². The van der Waals surface area contributed by atoms with Crippen LogP contribution < -0.4 is 0 Å². The standard InChI is InChI=1S/C12H16O5/c13-9-3-1-8-7(9)2-4-10(8)17-12(16)6-5-11(14)15/h5-10,13H,1-4H2,(H,14,15)/b6-5+/t7-,8-,9+,10-/m0/s1. The van der Waals surface area contributed by atoms with Crippen LogP contribution in [-0.2, 0) is 14.3 Å². The normalized spacial score (nSPS) is 36.1. The number of esters is 1. The van der Waals surface area contributed by atoms with Crippen LogP contribution in [0.3, 0.4) is 0 Å². The molecule has 2 aliphatic carbocycles. The molecule has 0 aromatic heterocycles. The molecule has 0 aromatic rings. The maximum absolute atomic E-state index is 11.3. The molecule has 0 unspecified atom stereocenters. The van der Waals surface area contributed by atoms with E-state index in [9.17, 15) is 14.7 Å². The minimum absolute atomic E-state index is 0.164. The first-order valence-corrected chi connectivity index (χ1v) is 5.87. The Morgan fingerprint density at radius 2 is 1.76 bits per heavy atom. The van der Waals surface area contributed by atoms with Crippen LogP contribution in [0, 0.1) is 11.8 Å². The summed E-state index contributed by atoms with van der Waals surface area (Å²) >= 11 is 0. The molecule has 5 heteroatoms. The zero-order valence-corrected chi connectivity index (χ0v) is 9.41. The van der Waals surface area contributed by atoms with Crippen LogP contribution in [0.25, 0.3) is 0 Å². The lowest BCUT2D eigenvalue weighted by Crippen LogP contribution is -2.23. The van der Waals surface area contributed by atoms with Gasteiger partial charge < -0.3 is 14.9 Å². The molecule has 5 nitrogen and oxygen atoms in total. The molecule has 2 fully saturated rings. The minimum atomic E-state index is -1.16. The second kappa shape index (κ2) is 4.87. The molecule has 17 heavy (non-hydrogen) atoms. The summed E-state index contributed by atoms with van der Waals surface area (Å²) in [6.45, 7) is 0. The Kier molecular flexibility index (Phi) is 3.47. The number of aliphatic hydroxyl groups is 1. The number of aliphatic carboxylic acids is 1. The van der Waals surface area contributed by atoms with E-state index in [-0.39, 0.29) is 24.0 Å². The fourth-order valence-corrected chi connectivity index (χ4v) is 2.99. The summed E-state index contributed by atoms with van der Waals surface area (Å²) in [4.78, 5) is 21.6. The number of fused-ring (bicyclic) bond motifs is 1. The Morgan fingerprint density at radius 1 is 1.06 bits per heavy atom. The van der Waals surface area contributed by atoms with Crippen LogP contribution in [0.5, 0.6) is 0 Å². The molecule has 0 aromatic carbocycles. The van der Waals surface area contributed by atoms with E-state index in [1.54, 1.807) is 0 Å². The highest BCUT2D eigenvalue weighted by atomic mass is 16.5. The number of aliphatic hydroxyl groups excluding tert-OH is 1. The first-order chi connectivity index (χ1) is 8.08. The molecule has 2 N–H and O–H groups in total. The van der Waals surface area contributed by atoms with Gasteiger partial charge in [-0.2, -0.15) is 0 Å². The third kappa shape index (κ3) is 2.66. The van der Waals surface area contributed by atoms with Gasteiger partial charge in [-0.05, 0) is 31.6 Å². The number of carboxylic acid groups (broad SMARTS) is 1. The van der Waals surface area contributed by atoms with E-state index >= 15 is 0 Å². The summed E-state index contributed by atoms with van der Waals surface area (Å²) in [7, 11) is 0. The van der Waals surface area contributed by atoms with Gasteiger partial charge in [0, 0.05) is 18.1 Å². The van der Waals surface area contributed by atoms with Gasteiger partial charge >= 0.3 is 11.9 Å². The molecular weight excluding hydrogens is 224 g/mol. The van der Waals surface area contributed by atoms with E-state index in [0.717, 1.165) is 37.8 Å². The summed E-state index contributed by atoms with van der Waals surface area (Å²) in [6, 6.07) is 0. The molecule has 0 heterocycles. The van der Waals surface area contributed by atoms with Gasteiger partial charge in [0.25, 0.3) is 0 Å². The summed E-state index contributed by atoms with van der Waals surface area (Å²) in [5.41, 5.74) is 0. The summed E-state index contributed by atoms with van der Waals surface area (Å²) in [5, 5.41) is 18.1. The maximum atomic E-state index is 11.3. The Morgan fingerprint density at radius 3 is 2.47 bits per heavy atom. The number of rotatable bonds is 3. The van der Waals surface area contributed by atoms with Gasteiger partial charge in [0.05, 0.1) is 6.10 Å². The molecular formula is C12H16O5. The molecule has 0 amide bonds. The van der Waals surface area contributed by atoms with Gasteiger partial charge in [0.2, 0.25) is 0 Å². The van der Waals surface area contributed by atoms with Crippen LogP contribution in [-0.4, -0.2) is 34.4 Å². The van der Waals surface area contributed by atoms with Crippen molar-refractivity contribution >= 4 is 11.9 Å². The van der Waals surface area contributed by atoms with E-state index in [1.807, 2.05) is 0 Å². The zero-order chi connectivity index (χ0) is 12.4. The summed E-state index contributed by atoms with van der Waals surface area (Å²) in [5.74, 6) is -1.29. The number of hydrogen-bond donors (Lipinski definition) is 2. The van der Waals surface area contributed by atoms with Gasteiger partial charge in [-0.1, -0.05) is 0 Å². The molecule has 2 aliphatic rings. The number of carbonyl (C=O) groups excluding carboxylic acids is 1. The Labute approximate surface area is 99.1 Å². The molecule has 0 bridgehead atoms. The Hall–Kier alpha value is -1.36. The quantitative estimate of drug-likeness (QED) is 0.561. The molecule has 2 saturated carbocycles. The van der Waals surface area contributed by atoms with E-state index in [1.165, 1.54) is 0 Å². The van der Waals surface area contributed by atoms with Gasteiger partial charge in [0.1, 0.15) is 6.10 Å². The monoisotopic (exact) mass is 240 g/mol. The molecule has 4 atom stereocenters. The van der Waals surface area contributed by atoms with Crippen LogP contribution in [0.4, 0.5) is 0 Å². The highest BCUT2D eigenvalue weighted by Gasteiger charge is 2.45. The van der Waals surface area contributed by atoms with Gasteiger partial charge in [-0.15, -0.1) is 0 Å². The second-order valence-electron chi connectivity index (χ2n) is 4.70. The number of hydrogen-bond acceptors (Lipinski definition) is 4. The highest BCUT2D eigenvalue weighted by Crippen LogP contribution is 2.45. The molecule has 94 valence electrons. The maximum Gasteiger partial charge on any atom is 0.331 e. The fraction of sp³-hybridized carbons (Fsp3) is 0.667. The molecule has 0 aliphatic heterocycles. The SMILES string of the molecule is O=C(O)/C=C/C(=O)O[C@H]1CC[C@H]2[C@@H]1CC[C@H]2O. The highest BCUT2D eigenvalue weighted by molar-refractivity contribution is 5.90. The van der Waals surface area contributed by atoms with Crippen molar-refractivity contribution in [3.63, 3.8) is 0 Å². The van der Waals surface area contributed by atoms with Crippen molar-refractivity contribution < 1.29 is 24.5 Å². The van der Waals surface area contributed by atoms with Gasteiger partial charge in [-0.3, -0.25) is 0 Å². The van der Waals surface area contributed by atoms with E-state index in [0.29, 0.717) is 0 Å². The zero-order valence-electron chi connectivity index (χ0n) is 9.41. The van der Waals surface area contributed by atoms with Crippen LogP contribution in [0.1, 0.15) is 25.7 Å². The fourth-order valence-electron chi connectivity index (χ4n) is 2.99. The third-order valence-electron chi connectivity index (χ3n) is 3.73. The van der Waals surface area contributed by atoms with Crippen LogP contribution >= 0.6 is 0 Å². The van der Waals surface area contributed by atoms with Crippen molar-refractivity contribution in [2.45, 2.75) is 37.9 Å². The average molecular weight is 240 g/mol. The summed E-state index contributed by atoms with van der Waals surface area (Å²) in [6.07, 6.45) is 4.58. The predicted molar refractivity (Wildman–Crippen MR) is 58.1 cm³/mol. The van der Waals surface area contributed by atoms with Crippen molar-refractivity contribution in [1.82, 2.24) is 0 Å². The topological polar surface area (TPSA) is 83.8 Å². The van der Waals surface area contributed by atoms with Crippen LogP contribution in [0.2, 0.25) is 0 Å². The second-order valence-corrected chi connectivity index (χ2v) is 4.70. The van der Waals surface area contributed by atoms with Crippen LogP contribution in [0.15, 0.2) is 12.2 Å². The number of carbonyl (C=O) groups is 2. The van der Waals surface area contributed by atoms with Crippen molar-refractivity contribution in [1.29, 1.82) is 0 Å². The average Bonchev–Trinajstić information content (AvgIpc) is 2.81. The van der Waals surface area contributed by atoms with Crippen molar-refractivity contribution in [3.05, 3.63) is 12.2 Å². The Bertz CT molecular complexity index is 349. The van der Waals surface area contributed by atoms with E-state index in [4.69, 9.17) is 9.84 Å². The lowest BCUT2D eigenvalue weighted by Gasteiger charge is -2.18. The van der Waals surface area contributed by atoms with Crippen molar-refractivity contribution in [3.8, 4) is 0 Å².